The number of fused-ring (bicyclic) bond motifs is 1. The van der Waals surface area contributed by atoms with Gasteiger partial charge in [0.05, 0.1) is 4.90 Å². The van der Waals surface area contributed by atoms with Crippen LogP contribution in [0.1, 0.15) is 55.9 Å². The number of hydrogen-bond donors (Lipinski definition) is 1. The number of esters is 1. The number of halogens is 2. The number of rotatable bonds is 7. The third-order valence-electron chi connectivity index (χ3n) is 5.32. The number of aryl methyl sites for hydroxylation is 1. The number of sulfonamides is 1. The molecule has 0 heterocycles. The Labute approximate surface area is 204 Å². The van der Waals surface area contributed by atoms with E-state index in [4.69, 9.17) is 16.3 Å². The molecule has 0 saturated heterocycles. The SMILES string of the molecule is CC(C)(C)OC(=O)CCc1cc(CBr)cc2c1CCC(NS(=O)(=O)c1ccc(Cl)cc1)C2. The zero-order valence-corrected chi connectivity index (χ0v) is 21.7. The van der Waals surface area contributed by atoms with E-state index < -0.39 is 15.6 Å². The summed E-state index contributed by atoms with van der Waals surface area (Å²) in [4.78, 5) is 12.4. The van der Waals surface area contributed by atoms with Gasteiger partial charge in [0.25, 0.3) is 0 Å². The fourth-order valence-corrected chi connectivity index (χ4v) is 5.71. The minimum atomic E-state index is -3.62. The molecule has 0 aliphatic heterocycles. The fraction of sp³-hybridized carbons (Fsp3) is 0.458. The number of hydrogen-bond acceptors (Lipinski definition) is 4. The summed E-state index contributed by atoms with van der Waals surface area (Å²) in [6.45, 7) is 5.59. The molecule has 0 radical (unpaired) electrons. The lowest BCUT2D eigenvalue weighted by Gasteiger charge is -2.28. The van der Waals surface area contributed by atoms with Gasteiger partial charge in [-0.1, -0.05) is 39.7 Å². The molecule has 1 aliphatic carbocycles. The van der Waals surface area contributed by atoms with Crippen molar-refractivity contribution < 1.29 is 17.9 Å². The van der Waals surface area contributed by atoms with Gasteiger partial charge in [-0.05, 0) is 93.0 Å². The predicted octanol–water partition coefficient (Wildman–Crippen LogP) is 5.35. The summed E-state index contributed by atoms with van der Waals surface area (Å²) in [6, 6.07) is 10.3. The Morgan fingerprint density at radius 3 is 2.53 bits per heavy atom. The van der Waals surface area contributed by atoms with Crippen LogP contribution in [0.3, 0.4) is 0 Å². The highest BCUT2D eigenvalue weighted by Gasteiger charge is 2.26. The van der Waals surface area contributed by atoms with Gasteiger partial charge in [-0.3, -0.25) is 4.79 Å². The van der Waals surface area contributed by atoms with E-state index >= 15 is 0 Å². The number of nitrogens with one attached hydrogen (secondary N) is 1. The molecule has 174 valence electrons. The smallest absolute Gasteiger partial charge is 0.306 e. The van der Waals surface area contributed by atoms with E-state index in [1.807, 2.05) is 20.8 Å². The van der Waals surface area contributed by atoms with Gasteiger partial charge in [0.1, 0.15) is 5.60 Å². The van der Waals surface area contributed by atoms with Gasteiger partial charge in [0.15, 0.2) is 0 Å². The first kappa shape index (κ1) is 25.2. The average molecular weight is 543 g/mol. The van der Waals surface area contributed by atoms with E-state index in [0.29, 0.717) is 36.0 Å². The first-order valence-electron chi connectivity index (χ1n) is 10.7. The monoisotopic (exact) mass is 541 g/mol. The molecule has 8 heteroatoms. The van der Waals surface area contributed by atoms with Crippen molar-refractivity contribution in [3.63, 3.8) is 0 Å². The molecule has 32 heavy (non-hydrogen) atoms. The molecule has 1 aliphatic rings. The fourth-order valence-electron chi connectivity index (χ4n) is 3.99. The summed E-state index contributed by atoms with van der Waals surface area (Å²) in [5.41, 5.74) is 4.12. The van der Waals surface area contributed by atoms with Crippen molar-refractivity contribution in [2.75, 3.05) is 0 Å². The molecule has 0 spiro atoms. The Morgan fingerprint density at radius 1 is 1.22 bits per heavy atom. The van der Waals surface area contributed by atoms with Crippen molar-refractivity contribution >= 4 is 43.5 Å². The van der Waals surface area contributed by atoms with Crippen LogP contribution in [-0.2, 0) is 44.1 Å². The first-order chi connectivity index (χ1) is 15.0. The van der Waals surface area contributed by atoms with Crippen molar-refractivity contribution in [2.45, 2.75) is 74.7 Å². The third kappa shape index (κ3) is 6.80. The van der Waals surface area contributed by atoms with Gasteiger partial charge in [-0.2, -0.15) is 0 Å². The van der Waals surface area contributed by atoms with Crippen LogP contribution in [-0.4, -0.2) is 26.0 Å². The topological polar surface area (TPSA) is 72.5 Å². The quantitative estimate of drug-likeness (QED) is 0.378. The molecule has 1 N–H and O–H groups in total. The lowest BCUT2D eigenvalue weighted by molar-refractivity contribution is -0.154. The van der Waals surface area contributed by atoms with Crippen LogP contribution in [0.5, 0.6) is 0 Å². The van der Waals surface area contributed by atoms with Crippen LogP contribution >= 0.6 is 27.5 Å². The molecule has 3 rings (SSSR count). The van der Waals surface area contributed by atoms with E-state index in [1.165, 1.54) is 17.7 Å². The summed E-state index contributed by atoms with van der Waals surface area (Å²) >= 11 is 9.41. The first-order valence-corrected chi connectivity index (χ1v) is 13.6. The van der Waals surface area contributed by atoms with Gasteiger partial charge in [-0.25, -0.2) is 13.1 Å². The second kappa shape index (κ2) is 10.2. The minimum Gasteiger partial charge on any atom is -0.460 e. The molecular weight excluding hydrogens is 514 g/mol. The molecule has 2 aromatic rings. The van der Waals surface area contributed by atoms with Crippen molar-refractivity contribution in [2.24, 2.45) is 0 Å². The van der Waals surface area contributed by atoms with E-state index in [1.54, 1.807) is 12.1 Å². The van der Waals surface area contributed by atoms with Crippen molar-refractivity contribution in [1.29, 1.82) is 0 Å². The number of carbonyl (C=O) groups excluding carboxylic acids is 1. The van der Waals surface area contributed by atoms with Gasteiger partial charge in [0.2, 0.25) is 10.0 Å². The molecule has 0 amide bonds. The van der Waals surface area contributed by atoms with E-state index in [2.05, 4.69) is 32.8 Å². The summed E-state index contributed by atoms with van der Waals surface area (Å²) in [7, 11) is -3.62. The molecule has 0 aromatic heterocycles. The van der Waals surface area contributed by atoms with E-state index in [-0.39, 0.29) is 16.9 Å². The predicted molar refractivity (Wildman–Crippen MR) is 131 cm³/mol. The van der Waals surface area contributed by atoms with E-state index in [0.717, 1.165) is 23.1 Å². The maximum atomic E-state index is 12.8. The number of benzene rings is 2. The number of alkyl halides is 1. The Hall–Kier alpha value is -1.41. The third-order valence-corrected chi connectivity index (χ3v) is 7.76. The largest absolute Gasteiger partial charge is 0.460 e. The second-order valence-corrected chi connectivity index (χ2v) is 11.8. The molecule has 2 aromatic carbocycles. The Kier molecular flexibility index (Phi) is 8.07. The zero-order chi connectivity index (χ0) is 23.5. The van der Waals surface area contributed by atoms with Crippen LogP contribution in [0.4, 0.5) is 0 Å². The maximum Gasteiger partial charge on any atom is 0.306 e. The molecule has 0 saturated carbocycles. The van der Waals surface area contributed by atoms with Gasteiger partial charge in [0, 0.05) is 22.8 Å². The number of carbonyl (C=O) groups is 1. The maximum absolute atomic E-state index is 12.8. The van der Waals surface area contributed by atoms with Gasteiger partial charge >= 0.3 is 5.97 Å². The van der Waals surface area contributed by atoms with Gasteiger partial charge < -0.3 is 4.74 Å². The molecule has 5 nitrogen and oxygen atoms in total. The Bertz CT molecular complexity index is 1080. The summed E-state index contributed by atoms with van der Waals surface area (Å²) in [5, 5.41) is 1.19. The Morgan fingerprint density at radius 2 is 1.91 bits per heavy atom. The van der Waals surface area contributed by atoms with Crippen LogP contribution in [0.25, 0.3) is 0 Å². The lowest BCUT2D eigenvalue weighted by Crippen LogP contribution is -2.39. The minimum absolute atomic E-state index is 0.188. The van der Waals surface area contributed by atoms with Crippen LogP contribution in [0.15, 0.2) is 41.3 Å². The molecular formula is C24H29BrClNO4S. The second-order valence-electron chi connectivity index (χ2n) is 9.13. The van der Waals surface area contributed by atoms with E-state index in [9.17, 15) is 13.2 Å². The average Bonchev–Trinajstić information content (AvgIpc) is 2.70. The van der Waals surface area contributed by atoms with Crippen LogP contribution in [0, 0.1) is 0 Å². The molecule has 1 atom stereocenters. The standard InChI is InChI=1S/C24H29BrClNO4S/c1-24(2,3)31-23(28)11-4-17-12-16(15-25)13-18-14-20(7-10-22(17)18)27-32(29,30)21-8-5-19(26)6-9-21/h5-6,8-9,12-13,20,27H,4,7,10-11,14-15H2,1-3H3. The van der Waals surface area contributed by atoms with Crippen LogP contribution < -0.4 is 4.72 Å². The molecule has 0 fully saturated rings. The summed E-state index contributed by atoms with van der Waals surface area (Å²) < 4.78 is 33.9. The Balaban J connectivity index is 1.75. The van der Waals surface area contributed by atoms with Crippen molar-refractivity contribution in [3.8, 4) is 0 Å². The summed E-state index contributed by atoms with van der Waals surface area (Å²) in [5.74, 6) is -0.208. The highest BCUT2D eigenvalue weighted by Crippen LogP contribution is 2.29. The normalized spacial score (nSPS) is 16.5. The number of ether oxygens (including phenoxy) is 1. The van der Waals surface area contributed by atoms with Crippen LogP contribution in [0.2, 0.25) is 5.02 Å². The lowest BCUT2D eigenvalue weighted by atomic mass is 9.83. The molecule has 0 bridgehead atoms. The van der Waals surface area contributed by atoms with Gasteiger partial charge in [-0.15, -0.1) is 0 Å². The van der Waals surface area contributed by atoms with Crippen molar-refractivity contribution in [3.05, 3.63) is 63.7 Å². The summed E-state index contributed by atoms with van der Waals surface area (Å²) in [6.07, 6.45) is 3.01. The highest BCUT2D eigenvalue weighted by molar-refractivity contribution is 9.08. The van der Waals surface area contributed by atoms with Crippen molar-refractivity contribution in [1.82, 2.24) is 4.72 Å². The zero-order valence-electron chi connectivity index (χ0n) is 18.6. The molecule has 1 unspecified atom stereocenters. The highest BCUT2D eigenvalue weighted by atomic mass is 79.9.